The van der Waals surface area contributed by atoms with Gasteiger partial charge in [0.05, 0.1) is 19.3 Å². The van der Waals surface area contributed by atoms with Crippen LogP contribution >= 0.6 is 0 Å². The van der Waals surface area contributed by atoms with Crippen molar-refractivity contribution in [2.24, 2.45) is 0 Å². The largest absolute Gasteiger partial charge is 0.496 e. The highest BCUT2D eigenvalue weighted by atomic mass is 16.5. The molecule has 0 bridgehead atoms. The van der Waals surface area contributed by atoms with Gasteiger partial charge >= 0.3 is 0 Å². The monoisotopic (exact) mass is 297 g/mol. The van der Waals surface area contributed by atoms with Gasteiger partial charge in [-0.25, -0.2) is 0 Å². The quantitative estimate of drug-likeness (QED) is 0.636. The standard InChI is InChI=1S/C16H27NO4/c1-13(17-2)16-14(19-4)7-5-8-15(16)21-12-11-20-10-6-9-18-3/h5,7-8,13,17H,6,9-12H2,1-4H3. The van der Waals surface area contributed by atoms with Crippen LogP contribution in [0.25, 0.3) is 0 Å². The molecule has 1 rings (SSSR count). The van der Waals surface area contributed by atoms with E-state index in [2.05, 4.69) is 12.2 Å². The van der Waals surface area contributed by atoms with Crippen molar-refractivity contribution < 1.29 is 18.9 Å². The Morgan fingerprint density at radius 3 is 2.48 bits per heavy atom. The first-order chi connectivity index (χ1) is 10.2. The molecule has 0 radical (unpaired) electrons. The Morgan fingerprint density at radius 2 is 1.81 bits per heavy atom. The van der Waals surface area contributed by atoms with E-state index in [9.17, 15) is 0 Å². The second-order valence-corrected chi connectivity index (χ2v) is 4.69. The van der Waals surface area contributed by atoms with Crippen molar-refractivity contribution >= 4 is 0 Å². The lowest BCUT2D eigenvalue weighted by Crippen LogP contribution is -2.16. The van der Waals surface area contributed by atoms with Crippen molar-refractivity contribution in [3.8, 4) is 11.5 Å². The van der Waals surface area contributed by atoms with E-state index >= 15 is 0 Å². The normalized spacial score (nSPS) is 12.2. The molecular formula is C16H27NO4. The van der Waals surface area contributed by atoms with Crippen LogP contribution in [0.2, 0.25) is 0 Å². The number of nitrogens with one attached hydrogen (secondary N) is 1. The molecule has 0 heterocycles. The van der Waals surface area contributed by atoms with Crippen molar-refractivity contribution in [2.75, 3.05) is 47.7 Å². The first-order valence-corrected chi connectivity index (χ1v) is 7.28. The molecule has 5 nitrogen and oxygen atoms in total. The molecule has 21 heavy (non-hydrogen) atoms. The van der Waals surface area contributed by atoms with Crippen molar-refractivity contribution in [2.45, 2.75) is 19.4 Å². The van der Waals surface area contributed by atoms with Crippen LogP contribution in [-0.2, 0) is 9.47 Å². The molecule has 0 aliphatic heterocycles. The molecule has 1 unspecified atom stereocenters. The summed E-state index contributed by atoms with van der Waals surface area (Å²) >= 11 is 0. The van der Waals surface area contributed by atoms with Crippen LogP contribution in [0.4, 0.5) is 0 Å². The van der Waals surface area contributed by atoms with Gasteiger partial charge in [0.25, 0.3) is 0 Å². The predicted octanol–water partition coefficient (Wildman–Crippen LogP) is 2.41. The minimum Gasteiger partial charge on any atom is -0.496 e. The second-order valence-electron chi connectivity index (χ2n) is 4.69. The van der Waals surface area contributed by atoms with Crippen molar-refractivity contribution in [1.82, 2.24) is 5.32 Å². The summed E-state index contributed by atoms with van der Waals surface area (Å²) in [5.41, 5.74) is 1.03. The van der Waals surface area contributed by atoms with Crippen LogP contribution < -0.4 is 14.8 Å². The molecule has 0 fully saturated rings. The lowest BCUT2D eigenvalue weighted by Gasteiger charge is -2.19. The lowest BCUT2D eigenvalue weighted by molar-refractivity contribution is 0.0802. The number of benzene rings is 1. The second kappa shape index (κ2) is 10.4. The summed E-state index contributed by atoms with van der Waals surface area (Å²) < 4.78 is 21.7. The number of ether oxygens (including phenoxy) is 4. The van der Waals surface area contributed by atoms with E-state index in [1.54, 1.807) is 14.2 Å². The highest BCUT2D eigenvalue weighted by Gasteiger charge is 2.15. The summed E-state index contributed by atoms with van der Waals surface area (Å²) in [7, 11) is 5.28. The Morgan fingerprint density at radius 1 is 1.05 bits per heavy atom. The van der Waals surface area contributed by atoms with Gasteiger partial charge in [-0.15, -0.1) is 0 Å². The summed E-state index contributed by atoms with van der Waals surface area (Å²) in [5.74, 6) is 1.66. The van der Waals surface area contributed by atoms with Gasteiger partial charge in [0.15, 0.2) is 0 Å². The molecule has 0 aliphatic rings. The maximum absolute atomic E-state index is 5.83. The minimum absolute atomic E-state index is 0.152. The zero-order chi connectivity index (χ0) is 15.5. The van der Waals surface area contributed by atoms with Gasteiger partial charge in [0.1, 0.15) is 18.1 Å². The van der Waals surface area contributed by atoms with Crippen LogP contribution in [0.15, 0.2) is 18.2 Å². The molecule has 0 aliphatic carbocycles. The van der Waals surface area contributed by atoms with E-state index in [4.69, 9.17) is 18.9 Å². The highest BCUT2D eigenvalue weighted by molar-refractivity contribution is 5.46. The zero-order valence-electron chi connectivity index (χ0n) is 13.5. The highest BCUT2D eigenvalue weighted by Crippen LogP contribution is 2.33. The Labute approximate surface area is 127 Å². The lowest BCUT2D eigenvalue weighted by atomic mass is 10.1. The molecule has 1 aromatic rings. The fourth-order valence-corrected chi connectivity index (χ4v) is 2.02. The van der Waals surface area contributed by atoms with Gasteiger partial charge in [-0.3, -0.25) is 0 Å². The molecule has 5 heteroatoms. The van der Waals surface area contributed by atoms with Crippen LogP contribution in [0.3, 0.4) is 0 Å². The summed E-state index contributed by atoms with van der Waals surface area (Å²) in [6.07, 6.45) is 0.900. The molecule has 120 valence electrons. The van der Waals surface area contributed by atoms with Crippen molar-refractivity contribution in [3.63, 3.8) is 0 Å². The van der Waals surface area contributed by atoms with E-state index in [0.29, 0.717) is 19.8 Å². The summed E-state index contributed by atoms with van der Waals surface area (Å²) in [6, 6.07) is 5.98. The molecular weight excluding hydrogens is 270 g/mol. The molecule has 1 atom stereocenters. The van der Waals surface area contributed by atoms with E-state index in [1.165, 1.54) is 0 Å². The van der Waals surface area contributed by atoms with E-state index in [1.807, 2.05) is 25.2 Å². The van der Waals surface area contributed by atoms with Gasteiger partial charge in [0.2, 0.25) is 0 Å². The molecule has 0 saturated carbocycles. The SMILES string of the molecule is CNC(C)c1c(OC)cccc1OCCOCCCOC. The smallest absolute Gasteiger partial charge is 0.127 e. The van der Waals surface area contributed by atoms with E-state index in [0.717, 1.165) is 30.1 Å². The third kappa shape index (κ3) is 5.91. The Kier molecular flexibility index (Phi) is 8.82. The first-order valence-electron chi connectivity index (χ1n) is 7.28. The van der Waals surface area contributed by atoms with Crippen LogP contribution in [0.1, 0.15) is 24.9 Å². The Hall–Kier alpha value is -1.30. The third-order valence-electron chi connectivity index (χ3n) is 3.23. The molecule has 1 aromatic carbocycles. The predicted molar refractivity (Wildman–Crippen MR) is 83.3 cm³/mol. The minimum atomic E-state index is 0.152. The fourth-order valence-electron chi connectivity index (χ4n) is 2.02. The molecule has 0 aromatic heterocycles. The van der Waals surface area contributed by atoms with Gasteiger partial charge < -0.3 is 24.3 Å². The maximum atomic E-state index is 5.83. The van der Waals surface area contributed by atoms with E-state index < -0.39 is 0 Å². The van der Waals surface area contributed by atoms with Crippen molar-refractivity contribution in [3.05, 3.63) is 23.8 Å². The summed E-state index contributed by atoms with van der Waals surface area (Å²) in [5, 5.41) is 3.22. The number of hydrogen-bond donors (Lipinski definition) is 1. The number of methoxy groups -OCH3 is 2. The third-order valence-corrected chi connectivity index (χ3v) is 3.23. The van der Waals surface area contributed by atoms with Crippen LogP contribution in [-0.4, -0.2) is 47.7 Å². The van der Waals surface area contributed by atoms with Crippen LogP contribution in [0, 0.1) is 0 Å². The maximum Gasteiger partial charge on any atom is 0.127 e. The first kappa shape index (κ1) is 17.8. The average Bonchev–Trinajstić information content (AvgIpc) is 2.52. The number of rotatable bonds is 11. The van der Waals surface area contributed by atoms with Gasteiger partial charge in [-0.2, -0.15) is 0 Å². The van der Waals surface area contributed by atoms with Crippen LogP contribution in [0.5, 0.6) is 11.5 Å². The Bertz CT molecular complexity index is 398. The fraction of sp³-hybridized carbons (Fsp3) is 0.625. The summed E-state index contributed by atoms with van der Waals surface area (Å²) in [6.45, 7) is 4.57. The van der Waals surface area contributed by atoms with E-state index in [-0.39, 0.29) is 6.04 Å². The summed E-state index contributed by atoms with van der Waals surface area (Å²) in [4.78, 5) is 0. The van der Waals surface area contributed by atoms with Gasteiger partial charge in [-0.05, 0) is 32.5 Å². The molecule has 0 spiro atoms. The molecule has 0 saturated heterocycles. The van der Waals surface area contributed by atoms with Crippen molar-refractivity contribution in [1.29, 1.82) is 0 Å². The van der Waals surface area contributed by atoms with Gasteiger partial charge in [-0.1, -0.05) is 6.07 Å². The Balaban J connectivity index is 2.50. The molecule has 1 N–H and O–H groups in total. The number of hydrogen-bond acceptors (Lipinski definition) is 5. The average molecular weight is 297 g/mol. The topological polar surface area (TPSA) is 49.0 Å². The zero-order valence-corrected chi connectivity index (χ0v) is 13.5. The van der Waals surface area contributed by atoms with Gasteiger partial charge in [0, 0.05) is 26.4 Å². The molecule has 0 amide bonds.